The van der Waals surface area contributed by atoms with Crippen molar-refractivity contribution in [2.75, 3.05) is 0 Å². The summed E-state index contributed by atoms with van der Waals surface area (Å²) in [6, 6.07) is 0. The van der Waals surface area contributed by atoms with Crippen molar-refractivity contribution < 1.29 is 31.9 Å². The SMILES string of the molecule is NCc1cnc(C(F)(F)F)c(C(F)F)c1C(=O)O. The number of carboxylic acid groups (broad SMARTS) is 1. The highest BCUT2D eigenvalue weighted by molar-refractivity contribution is 5.91. The molecule has 1 rings (SSSR count). The Labute approximate surface area is 97.2 Å². The lowest BCUT2D eigenvalue weighted by molar-refractivity contribution is -0.143. The smallest absolute Gasteiger partial charge is 0.433 e. The summed E-state index contributed by atoms with van der Waals surface area (Å²) in [7, 11) is 0. The van der Waals surface area contributed by atoms with Gasteiger partial charge in [-0.3, -0.25) is 4.98 Å². The number of rotatable bonds is 3. The van der Waals surface area contributed by atoms with E-state index in [1.165, 1.54) is 0 Å². The van der Waals surface area contributed by atoms with Crippen LogP contribution in [-0.4, -0.2) is 16.1 Å². The Balaban J connectivity index is 3.68. The molecule has 0 aromatic carbocycles. The summed E-state index contributed by atoms with van der Waals surface area (Å²) in [5.74, 6) is -1.90. The molecule has 0 unspecified atom stereocenters. The van der Waals surface area contributed by atoms with Crippen molar-refractivity contribution in [3.05, 3.63) is 28.6 Å². The van der Waals surface area contributed by atoms with Gasteiger partial charge in [-0.15, -0.1) is 0 Å². The highest BCUT2D eigenvalue weighted by Gasteiger charge is 2.40. The van der Waals surface area contributed by atoms with Crippen molar-refractivity contribution >= 4 is 5.97 Å². The molecule has 18 heavy (non-hydrogen) atoms. The summed E-state index contributed by atoms with van der Waals surface area (Å²) >= 11 is 0. The molecule has 1 aromatic heterocycles. The standard InChI is InChI=1S/C9H7F5N2O2/c10-7(11)5-4(8(17)18)3(1-15)2-16-6(5)9(12,13)14/h2,7H,1,15H2,(H,17,18). The molecule has 0 saturated heterocycles. The fourth-order valence-electron chi connectivity index (χ4n) is 1.41. The van der Waals surface area contributed by atoms with Crippen LogP contribution in [0.25, 0.3) is 0 Å². The zero-order chi connectivity index (χ0) is 14.1. The molecule has 1 aromatic rings. The number of carboxylic acids is 1. The molecule has 0 fully saturated rings. The minimum absolute atomic E-state index is 0.384. The highest BCUT2D eigenvalue weighted by Crippen LogP contribution is 2.37. The van der Waals surface area contributed by atoms with E-state index in [9.17, 15) is 26.7 Å². The van der Waals surface area contributed by atoms with Crippen molar-refractivity contribution in [2.24, 2.45) is 5.73 Å². The van der Waals surface area contributed by atoms with Crippen LogP contribution in [-0.2, 0) is 12.7 Å². The number of carbonyl (C=O) groups is 1. The van der Waals surface area contributed by atoms with Crippen LogP contribution in [0.4, 0.5) is 22.0 Å². The lowest BCUT2D eigenvalue weighted by Crippen LogP contribution is -2.19. The van der Waals surface area contributed by atoms with E-state index in [0.717, 1.165) is 0 Å². The molecule has 0 saturated carbocycles. The van der Waals surface area contributed by atoms with Crippen LogP contribution in [0, 0.1) is 0 Å². The maximum Gasteiger partial charge on any atom is 0.433 e. The largest absolute Gasteiger partial charge is 0.478 e. The van der Waals surface area contributed by atoms with Crippen molar-refractivity contribution in [1.82, 2.24) is 4.98 Å². The minimum atomic E-state index is -5.16. The number of aromatic nitrogens is 1. The Morgan fingerprint density at radius 3 is 2.33 bits per heavy atom. The molecule has 3 N–H and O–H groups in total. The maximum absolute atomic E-state index is 12.7. The third kappa shape index (κ3) is 2.55. The van der Waals surface area contributed by atoms with Gasteiger partial charge in [0.25, 0.3) is 6.43 Å². The molecule has 0 amide bonds. The average Bonchev–Trinajstić information content (AvgIpc) is 2.25. The van der Waals surface area contributed by atoms with Gasteiger partial charge in [-0.05, 0) is 5.56 Å². The van der Waals surface area contributed by atoms with E-state index < -0.39 is 41.9 Å². The quantitative estimate of drug-likeness (QED) is 0.825. The zero-order valence-electron chi connectivity index (χ0n) is 8.63. The number of alkyl halides is 5. The normalized spacial score (nSPS) is 11.9. The van der Waals surface area contributed by atoms with Crippen LogP contribution in [0.2, 0.25) is 0 Å². The van der Waals surface area contributed by atoms with E-state index in [4.69, 9.17) is 10.8 Å². The molecule has 4 nitrogen and oxygen atoms in total. The van der Waals surface area contributed by atoms with Crippen LogP contribution >= 0.6 is 0 Å². The predicted molar refractivity (Wildman–Crippen MR) is 49.0 cm³/mol. The zero-order valence-corrected chi connectivity index (χ0v) is 8.63. The number of hydrogen-bond donors (Lipinski definition) is 2. The number of nitrogens with zero attached hydrogens (tertiary/aromatic N) is 1. The Kier molecular flexibility index (Phi) is 3.85. The van der Waals surface area contributed by atoms with E-state index in [-0.39, 0.29) is 5.56 Å². The topological polar surface area (TPSA) is 76.2 Å². The molecule has 0 spiro atoms. The molecule has 0 radical (unpaired) electrons. The van der Waals surface area contributed by atoms with E-state index in [0.29, 0.717) is 6.20 Å². The molecule has 9 heteroatoms. The Bertz CT molecular complexity index is 473. The first-order chi connectivity index (χ1) is 8.20. The van der Waals surface area contributed by atoms with Crippen LogP contribution in [0.1, 0.15) is 33.6 Å². The third-order valence-corrected chi connectivity index (χ3v) is 2.12. The summed E-state index contributed by atoms with van der Waals surface area (Å²) < 4.78 is 62.7. The average molecular weight is 270 g/mol. The van der Waals surface area contributed by atoms with Crippen molar-refractivity contribution in [1.29, 1.82) is 0 Å². The van der Waals surface area contributed by atoms with Crippen LogP contribution in [0.3, 0.4) is 0 Å². The molecule has 0 aliphatic carbocycles. The molecular weight excluding hydrogens is 263 g/mol. The molecule has 0 bridgehead atoms. The van der Waals surface area contributed by atoms with Gasteiger partial charge in [0.2, 0.25) is 0 Å². The van der Waals surface area contributed by atoms with Gasteiger partial charge in [0.1, 0.15) is 0 Å². The summed E-state index contributed by atoms with van der Waals surface area (Å²) in [5.41, 5.74) is -0.00485. The summed E-state index contributed by atoms with van der Waals surface area (Å²) in [6.07, 6.45) is -8.24. The second-order valence-corrected chi connectivity index (χ2v) is 3.23. The van der Waals surface area contributed by atoms with Crippen LogP contribution in [0.15, 0.2) is 6.20 Å². The van der Waals surface area contributed by atoms with Crippen molar-refractivity contribution in [2.45, 2.75) is 19.1 Å². The number of halogens is 5. The number of aromatic carboxylic acids is 1. The van der Waals surface area contributed by atoms with Gasteiger partial charge in [-0.1, -0.05) is 0 Å². The summed E-state index contributed by atoms with van der Waals surface area (Å²) in [4.78, 5) is 13.6. The molecular formula is C9H7F5N2O2. The van der Waals surface area contributed by atoms with E-state index in [1.54, 1.807) is 0 Å². The molecule has 0 atom stereocenters. The van der Waals surface area contributed by atoms with Crippen molar-refractivity contribution in [3.63, 3.8) is 0 Å². The van der Waals surface area contributed by atoms with E-state index >= 15 is 0 Å². The maximum atomic E-state index is 12.7. The first kappa shape index (κ1) is 14.3. The van der Waals surface area contributed by atoms with E-state index in [2.05, 4.69) is 4.98 Å². The fourth-order valence-corrected chi connectivity index (χ4v) is 1.41. The molecule has 100 valence electrons. The van der Waals surface area contributed by atoms with Gasteiger partial charge in [-0.2, -0.15) is 13.2 Å². The highest BCUT2D eigenvalue weighted by atomic mass is 19.4. The van der Waals surface area contributed by atoms with Crippen molar-refractivity contribution in [3.8, 4) is 0 Å². The van der Waals surface area contributed by atoms with Crippen LogP contribution < -0.4 is 5.73 Å². The fraction of sp³-hybridized carbons (Fsp3) is 0.333. The molecule has 1 heterocycles. The second kappa shape index (κ2) is 4.84. The summed E-state index contributed by atoms with van der Waals surface area (Å²) in [6.45, 7) is -0.507. The Morgan fingerprint density at radius 2 is 2.00 bits per heavy atom. The first-order valence-corrected chi connectivity index (χ1v) is 4.50. The Morgan fingerprint density at radius 1 is 1.44 bits per heavy atom. The predicted octanol–water partition coefficient (Wildman–Crippen LogP) is 2.19. The third-order valence-electron chi connectivity index (χ3n) is 2.12. The Hall–Kier alpha value is -1.77. The van der Waals surface area contributed by atoms with Gasteiger partial charge in [0.05, 0.1) is 11.1 Å². The lowest BCUT2D eigenvalue weighted by Gasteiger charge is -2.15. The van der Waals surface area contributed by atoms with Gasteiger partial charge in [0, 0.05) is 12.7 Å². The van der Waals surface area contributed by atoms with Gasteiger partial charge < -0.3 is 10.8 Å². The first-order valence-electron chi connectivity index (χ1n) is 4.50. The second-order valence-electron chi connectivity index (χ2n) is 3.23. The lowest BCUT2D eigenvalue weighted by atomic mass is 10.0. The molecule has 0 aliphatic rings. The number of hydrogen-bond acceptors (Lipinski definition) is 3. The monoisotopic (exact) mass is 270 g/mol. The van der Waals surface area contributed by atoms with Gasteiger partial charge in [0.15, 0.2) is 5.69 Å². The number of pyridine rings is 1. The van der Waals surface area contributed by atoms with Gasteiger partial charge >= 0.3 is 12.1 Å². The summed E-state index contributed by atoms with van der Waals surface area (Å²) in [5, 5.41) is 8.73. The minimum Gasteiger partial charge on any atom is -0.478 e. The van der Waals surface area contributed by atoms with Gasteiger partial charge in [-0.25, -0.2) is 13.6 Å². The van der Waals surface area contributed by atoms with Crippen LogP contribution in [0.5, 0.6) is 0 Å². The molecule has 0 aliphatic heterocycles. The number of nitrogens with two attached hydrogens (primary N) is 1. The van der Waals surface area contributed by atoms with E-state index in [1.807, 2.05) is 0 Å².